The number of halogens is 3. The fraction of sp³-hybridized carbons (Fsp3) is 0.400. The molecule has 1 atom stereocenters. The summed E-state index contributed by atoms with van der Waals surface area (Å²) in [5, 5.41) is 0. The van der Waals surface area contributed by atoms with Crippen molar-refractivity contribution in [2.75, 3.05) is 20.8 Å². The highest BCUT2D eigenvalue weighted by Crippen LogP contribution is 2.28. The van der Waals surface area contributed by atoms with Crippen molar-refractivity contribution in [3.8, 4) is 0 Å². The maximum Gasteiger partial charge on any atom is 0.155 e. The average molecular weight is 292 g/mol. The van der Waals surface area contributed by atoms with Gasteiger partial charge in [-0.25, -0.2) is 18.8 Å². The lowest BCUT2D eigenvalue weighted by Crippen LogP contribution is -2.07. The predicted octanol–water partition coefficient (Wildman–Crippen LogP) is 3.05. The smallest absolute Gasteiger partial charge is 0.155 e. The molecule has 0 aliphatic rings. The van der Waals surface area contributed by atoms with Crippen LogP contribution < -0.4 is 0 Å². The summed E-state index contributed by atoms with van der Waals surface area (Å²) in [6.07, 6.45) is 1.31. The van der Waals surface area contributed by atoms with Crippen LogP contribution in [0.3, 0.4) is 0 Å². The molecule has 6 heteroatoms. The standard InChI is InChI=1S/C10H12BrF2N3/c1-16(2)6-15-10-3-7(9(13)4-12)8(11)5-14-10/h3,5-6,9H,4H2,1-2H3/b15-6+. The van der Waals surface area contributed by atoms with Crippen molar-refractivity contribution in [1.82, 2.24) is 9.88 Å². The normalized spacial score (nSPS) is 13.1. The Morgan fingerprint density at radius 2 is 2.31 bits per heavy atom. The molecule has 1 heterocycles. The van der Waals surface area contributed by atoms with Crippen LogP contribution in [0.15, 0.2) is 21.7 Å². The monoisotopic (exact) mass is 291 g/mol. The lowest BCUT2D eigenvalue weighted by molar-refractivity contribution is 0.265. The highest BCUT2D eigenvalue weighted by molar-refractivity contribution is 9.10. The summed E-state index contributed by atoms with van der Waals surface area (Å²) in [6.45, 7) is -1.06. The van der Waals surface area contributed by atoms with Gasteiger partial charge in [0.25, 0.3) is 0 Å². The van der Waals surface area contributed by atoms with Crippen molar-refractivity contribution in [3.05, 3.63) is 22.3 Å². The number of hydrogen-bond donors (Lipinski definition) is 0. The van der Waals surface area contributed by atoms with Gasteiger partial charge in [0.1, 0.15) is 6.67 Å². The molecule has 0 aromatic carbocycles. The van der Waals surface area contributed by atoms with E-state index in [0.717, 1.165) is 0 Å². The Morgan fingerprint density at radius 1 is 1.62 bits per heavy atom. The van der Waals surface area contributed by atoms with Crippen LogP contribution in [0.1, 0.15) is 11.7 Å². The topological polar surface area (TPSA) is 28.5 Å². The van der Waals surface area contributed by atoms with Gasteiger partial charge in [-0.3, -0.25) is 0 Å². The van der Waals surface area contributed by atoms with Crippen molar-refractivity contribution in [1.29, 1.82) is 0 Å². The molecule has 1 rings (SSSR count). The second-order valence-corrected chi connectivity index (χ2v) is 4.25. The van der Waals surface area contributed by atoms with Gasteiger partial charge in [0, 0.05) is 30.3 Å². The molecule has 0 radical (unpaired) electrons. The summed E-state index contributed by atoms with van der Waals surface area (Å²) in [4.78, 5) is 9.70. The number of nitrogens with zero attached hydrogens (tertiary/aromatic N) is 3. The van der Waals surface area contributed by atoms with E-state index >= 15 is 0 Å². The third kappa shape index (κ3) is 3.52. The zero-order chi connectivity index (χ0) is 12.1. The Kier molecular flexibility index (Phi) is 4.79. The minimum absolute atomic E-state index is 0.225. The van der Waals surface area contributed by atoms with E-state index in [1.807, 2.05) is 14.1 Å². The van der Waals surface area contributed by atoms with Crippen LogP contribution in [0.25, 0.3) is 0 Å². The molecular formula is C10H12BrF2N3. The molecule has 1 unspecified atom stereocenters. The molecule has 0 bridgehead atoms. The molecule has 0 aliphatic carbocycles. The van der Waals surface area contributed by atoms with Gasteiger partial charge in [0.15, 0.2) is 12.0 Å². The van der Waals surface area contributed by atoms with Gasteiger partial charge in [0.05, 0.1) is 6.34 Å². The third-order valence-electron chi connectivity index (χ3n) is 1.76. The first kappa shape index (κ1) is 13.0. The van der Waals surface area contributed by atoms with Crippen molar-refractivity contribution in [3.63, 3.8) is 0 Å². The SMILES string of the molecule is CN(C)/C=N/c1cc(C(F)CF)c(Br)cn1. The van der Waals surface area contributed by atoms with Crippen molar-refractivity contribution >= 4 is 28.1 Å². The molecule has 1 aromatic rings. The summed E-state index contributed by atoms with van der Waals surface area (Å²) >= 11 is 3.12. The first-order chi connectivity index (χ1) is 7.54. The zero-order valence-corrected chi connectivity index (χ0v) is 10.6. The third-order valence-corrected chi connectivity index (χ3v) is 2.43. The first-order valence-electron chi connectivity index (χ1n) is 4.60. The van der Waals surface area contributed by atoms with E-state index in [4.69, 9.17) is 0 Å². The number of pyridine rings is 1. The Hall–Kier alpha value is -1.04. The van der Waals surface area contributed by atoms with Crippen LogP contribution in [0.4, 0.5) is 14.6 Å². The Balaban J connectivity index is 2.98. The summed E-state index contributed by atoms with van der Waals surface area (Å²) in [5.74, 6) is 0.350. The second-order valence-electron chi connectivity index (χ2n) is 3.39. The predicted molar refractivity (Wildman–Crippen MR) is 63.6 cm³/mol. The number of aromatic nitrogens is 1. The second kappa shape index (κ2) is 5.89. The van der Waals surface area contributed by atoms with Crippen LogP contribution in [0.2, 0.25) is 0 Å². The maximum absolute atomic E-state index is 13.2. The van der Waals surface area contributed by atoms with Gasteiger partial charge < -0.3 is 4.90 Å². The number of aliphatic imine (C=N–C) groups is 1. The Labute approximate surface area is 101 Å². The van der Waals surface area contributed by atoms with E-state index in [0.29, 0.717) is 10.3 Å². The quantitative estimate of drug-likeness (QED) is 0.630. The van der Waals surface area contributed by atoms with Crippen LogP contribution in [-0.4, -0.2) is 37.0 Å². The number of rotatable bonds is 4. The van der Waals surface area contributed by atoms with E-state index in [-0.39, 0.29) is 5.56 Å². The van der Waals surface area contributed by atoms with Crippen LogP contribution in [0, 0.1) is 0 Å². The molecule has 0 saturated heterocycles. The lowest BCUT2D eigenvalue weighted by atomic mass is 10.2. The molecule has 0 N–H and O–H groups in total. The minimum Gasteiger partial charge on any atom is -0.369 e. The molecule has 88 valence electrons. The number of alkyl halides is 2. The Morgan fingerprint density at radius 3 is 2.88 bits per heavy atom. The summed E-state index contributed by atoms with van der Waals surface area (Å²) < 4.78 is 25.9. The van der Waals surface area contributed by atoms with Gasteiger partial charge in [0.2, 0.25) is 0 Å². The van der Waals surface area contributed by atoms with Gasteiger partial charge in [-0.2, -0.15) is 0 Å². The van der Waals surface area contributed by atoms with E-state index in [2.05, 4.69) is 25.9 Å². The van der Waals surface area contributed by atoms with Crippen molar-refractivity contribution < 1.29 is 8.78 Å². The first-order valence-corrected chi connectivity index (χ1v) is 5.40. The molecule has 0 saturated carbocycles. The van der Waals surface area contributed by atoms with Gasteiger partial charge in [-0.05, 0) is 22.0 Å². The van der Waals surface area contributed by atoms with Crippen LogP contribution in [0.5, 0.6) is 0 Å². The maximum atomic E-state index is 13.2. The van der Waals surface area contributed by atoms with Crippen LogP contribution in [-0.2, 0) is 0 Å². The highest BCUT2D eigenvalue weighted by atomic mass is 79.9. The van der Waals surface area contributed by atoms with Crippen molar-refractivity contribution in [2.24, 2.45) is 4.99 Å². The average Bonchev–Trinajstić information content (AvgIpc) is 2.27. The molecule has 0 aliphatic heterocycles. The molecule has 0 fully saturated rings. The lowest BCUT2D eigenvalue weighted by Gasteiger charge is -2.07. The van der Waals surface area contributed by atoms with E-state index < -0.39 is 12.8 Å². The molecule has 16 heavy (non-hydrogen) atoms. The molecule has 0 amide bonds. The van der Waals surface area contributed by atoms with E-state index in [9.17, 15) is 8.78 Å². The highest BCUT2D eigenvalue weighted by Gasteiger charge is 2.14. The zero-order valence-electron chi connectivity index (χ0n) is 8.99. The largest absolute Gasteiger partial charge is 0.369 e. The summed E-state index contributed by atoms with van der Waals surface area (Å²) in [7, 11) is 3.62. The van der Waals surface area contributed by atoms with Gasteiger partial charge >= 0.3 is 0 Å². The van der Waals surface area contributed by atoms with Crippen molar-refractivity contribution in [2.45, 2.75) is 6.17 Å². The number of hydrogen-bond acceptors (Lipinski definition) is 2. The molecular weight excluding hydrogens is 280 g/mol. The summed E-state index contributed by atoms with van der Waals surface area (Å²) in [6, 6.07) is 1.42. The fourth-order valence-electron chi connectivity index (χ4n) is 1.01. The Bertz CT molecular complexity index is 382. The van der Waals surface area contributed by atoms with Gasteiger partial charge in [-0.15, -0.1) is 0 Å². The molecule has 0 spiro atoms. The summed E-state index contributed by atoms with van der Waals surface area (Å²) in [5.41, 5.74) is 0.225. The van der Waals surface area contributed by atoms with E-state index in [1.54, 1.807) is 11.2 Å². The molecule has 1 aromatic heterocycles. The van der Waals surface area contributed by atoms with E-state index in [1.165, 1.54) is 12.3 Å². The minimum atomic E-state index is -1.65. The fourth-order valence-corrected chi connectivity index (χ4v) is 1.48. The molecule has 3 nitrogen and oxygen atoms in total. The van der Waals surface area contributed by atoms with Crippen LogP contribution >= 0.6 is 15.9 Å². The van der Waals surface area contributed by atoms with Gasteiger partial charge in [-0.1, -0.05) is 0 Å².